The molecule has 33 heavy (non-hydrogen) atoms. The zero-order chi connectivity index (χ0) is 23.6. The number of H-pyrrole nitrogens is 1. The Hall–Kier alpha value is -2.95. The lowest BCUT2D eigenvalue weighted by molar-refractivity contribution is -0.384. The molecule has 1 aliphatic carbocycles. The topological polar surface area (TPSA) is 143 Å². The molecule has 1 amide bonds. The number of alkyl carbamates (subject to hydrolysis) is 1. The molecule has 178 valence electrons. The summed E-state index contributed by atoms with van der Waals surface area (Å²) in [4.78, 5) is 32.3. The zero-order valence-corrected chi connectivity index (χ0v) is 18.7. The molecule has 2 heterocycles. The predicted octanol–water partition coefficient (Wildman–Crippen LogP) is 2.56. The number of ether oxygens (including phenoxy) is 3. The number of rotatable bonds is 6. The van der Waals surface area contributed by atoms with Gasteiger partial charge in [0.05, 0.1) is 0 Å². The Morgan fingerprint density at radius 3 is 2.52 bits per heavy atom. The van der Waals surface area contributed by atoms with E-state index >= 15 is 0 Å². The van der Waals surface area contributed by atoms with Gasteiger partial charge in [-0.05, 0) is 43.6 Å². The molecule has 10 nitrogen and oxygen atoms in total. The highest BCUT2D eigenvalue weighted by atomic mass is 16.9. The largest absolute Gasteiger partial charge is 0.502 e. The summed E-state index contributed by atoms with van der Waals surface area (Å²) in [5.41, 5.74) is -1.32. The van der Waals surface area contributed by atoms with Crippen molar-refractivity contribution >= 4 is 6.09 Å². The number of aliphatic hydroxyl groups excluding tert-OH is 1. The van der Waals surface area contributed by atoms with Crippen molar-refractivity contribution in [2.75, 3.05) is 6.61 Å². The maximum atomic E-state index is 12.8. The average molecular weight is 459 g/mol. The molecule has 2 aliphatic rings. The average Bonchev–Trinajstić information content (AvgIpc) is 2.80. The molecule has 0 unspecified atom stereocenters. The van der Waals surface area contributed by atoms with Gasteiger partial charge in [-0.3, -0.25) is 4.79 Å². The molecule has 0 spiro atoms. The van der Waals surface area contributed by atoms with E-state index in [9.17, 15) is 19.8 Å². The third kappa shape index (κ3) is 4.87. The van der Waals surface area contributed by atoms with Crippen molar-refractivity contribution in [3.8, 4) is 5.75 Å². The van der Waals surface area contributed by atoms with Gasteiger partial charge in [0, 0.05) is 6.61 Å². The molecule has 10 heteroatoms. The van der Waals surface area contributed by atoms with Gasteiger partial charge in [-0.1, -0.05) is 37.3 Å². The Balaban J connectivity index is 1.61. The summed E-state index contributed by atoms with van der Waals surface area (Å²) >= 11 is 0. The Morgan fingerprint density at radius 1 is 1.24 bits per heavy atom. The minimum absolute atomic E-state index is 0.00789. The number of carbonyl (C=O) groups excluding carboxylic acids is 1. The van der Waals surface area contributed by atoms with Crippen molar-refractivity contribution in [3.05, 3.63) is 57.8 Å². The Bertz CT molecular complexity index is 1040. The molecule has 2 fully saturated rings. The first-order valence-corrected chi connectivity index (χ1v) is 11.0. The van der Waals surface area contributed by atoms with E-state index in [1.54, 1.807) is 6.92 Å². The van der Waals surface area contributed by atoms with Crippen LogP contribution in [0, 0.1) is 5.41 Å². The number of aromatic nitrogens is 2. The van der Waals surface area contributed by atoms with Gasteiger partial charge < -0.3 is 34.7 Å². The van der Waals surface area contributed by atoms with Gasteiger partial charge >= 0.3 is 6.09 Å². The van der Waals surface area contributed by atoms with E-state index in [-0.39, 0.29) is 30.1 Å². The van der Waals surface area contributed by atoms with E-state index in [4.69, 9.17) is 14.2 Å². The predicted molar refractivity (Wildman–Crippen MR) is 116 cm³/mol. The molecule has 1 aromatic heterocycles. The molecule has 0 radical (unpaired) electrons. The maximum Gasteiger partial charge on any atom is 0.408 e. The molecule has 4 rings (SSSR count). The highest BCUT2D eigenvalue weighted by Crippen LogP contribution is 2.45. The summed E-state index contributed by atoms with van der Waals surface area (Å²) in [6, 6.07) is 9.28. The summed E-state index contributed by atoms with van der Waals surface area (Å²) < 4.78 is 16.2. The second kappa shape index (κ2) is 9.12. The lowest BCUT2D eigenvalue weighted by Gasteiger charge is -2.44. The third-order valence-corrected chi connectivity index (χ3v) is 6.48. The van der Waals surface area contributed by atoms with Crippen molar-refractivity contribution in [1.29, 1.82) is 0 Å². The number of benzene rings is 1. The van der Waals surface area contributed by atoms with Crippen LogP contribution in [0.25, 0.3) is 0 Å². The van der Waals surface area contributed by atoms with Crippen LogP contribution in [-0.2, 0) is 26.4 Å². The second-order valence-corrected chi connectivity index (χ2v) is 9.06. The SMILES string of the molecule is CC1OC(c2nc(C3(NC(=O)OCc4ccccc4)CCC(C)(CO)CC3)[nH]c(=O)c2O)O1. The fourth-order valence-electron chi connectivity index (χ4n) is 4.18. The Morgan fingerprint density at radius 2 is 1.91 bits per heavy atom. The molecule has 2 aromatic rings. The quantitative estimate of drug-likeness (QED) is 0.516. The fourth-order valence-corrected chi connectivity index (χ4v) is 4.18. The highest BCUT2D eigenvalue weighted by molar-refractivity contribution is 5.68. The molecule has 1 aromatic carbocycles. The van der Waals surface area contributed by atoms with Crippen LogP contribution < -0.4 is 10.9 Å². The standard InChI is InChI=1S/C23H29N3O7/c1-14-32-19(33-14)16-17(28)18(29)25-20(24-16)23(10-8-22(2,13-27)9-11-23)26-21(30)31-12-15-6-4-3-5-7-15/h3-7,14,19,27-28H,8-13H2,1-2H3,(H,26,30)(H,24,25,29). The molecule has 1 saturated carbocycles. The first-order valence-electron chi connectivity index (χ1n) is 11.0. The van der Waals surface area contributed by atoms with Gasteiger partial charge in [0.2, 0.25) is 12.0 Å². The van der Waals surface area contributed by atoms with Crippen LogP contribution in [0.4, 0.5) is 4.79 Å². The number of aromatic amines is 1. The summed E-state index contributed by atoms with van der Waals surface area (Å²) in [6.45, 7) is 3.75. The monoisotopic (exact) mass is 459 g/mol. The van der Waals surface area contributed by atoms with Crippen LogP contribution in [-0.4, -0.2) is 39.2 Å². The van der Waals surface area contributed by atoms with Gasteiger partial charge in [-0.2, -0.15) is 0 Å². The van der Waals surface area contributed by atoms with E-state index in [2.05, 4.69) is 15.3 Å². The minimum Gasteiger partial charge on any atom is -0.502 e. The van der Waals surface area contributed by atoms with Gasteiger partial charge in [-0.25, -0.2) is 9.78 Å². The molecule has 0 atom stereocenters. The van der Waals surface area contributed by atoms with E-state index < -0.39 is 35.5 Å². The molecular formula is C23H29N3O7. The second-order valence-electron chi connectivity index (χ2n) is 9.06. The highest BCUT2D eigenvalue weighted by Gasteiger charge is 2.45. The summed E-state index contributed by atoms with van der Waals surface area (Å²) in [5.74, 6) is -0.405. The number of carbonyl (C=O) groups is 1. The molecule has 1 saturated heterocycles. The number of aliphatic hydroxyl groups is 1. The molecular weight excluding hydrogens is 430 g/mol. The Labute approximate surface area is 190 Å². The number of hydrogen-bond donors (Lipinski definition) is 4. The third-order valence-electron chi connectivity index (χ3n) is 6.48. The van der Waals surface area contributed by atoms with Gasteiger partial charge in [-0.15, -0.1) is 0 Å². The van der Waals surface area contributed by atoms with Gasteiger partial charge in [0.25, 0.3) is 5.56 Å². The minimum atomic E-state index is -1.06. The first-order chi connectivity index (χ1) is 15.7. The number of amides is 1. The molecule has 4 N–H and O–H groups in total. The van der Waals surface area contributed by atoms with Gasteiger partial charge in [0.15, 0.2) is 6.29 Å². The van der Waals surface area contributed by atoms with Crippen LogP contribution in [0.3, 0.4) is 0 Å². The zero-order valence-electron chi connectivity index (χ0n) is 18.7. The van der Waals surface area contributed by atoms with Crippen molar-refractivity contribution < 1.29 is 29.2 Å². The normalized spacial score (nSPS) is 29.2. The maximum absolute atomic E-state index is 12.8. The van der Waals surface area contributed by atoms with Crippen LogP contribution in [0.5, 0.6) is 5.75 Å². The van der Waals surface area contributed by atoms with Crippen molar-refractivity contribution in [2.24, 2.45) is 5.41 Å². The summed E-state index contributed by atoms with van der Waals surface area (Å²) in [7, 11) is 0. The first kappa shape index (κ1) is 23.2. The van der Waals surface area contributed by atoms with Crippen LogP contribution in [0.1, 0.15) is 62.9 Å². The van der Waals surface area contributed by atoms with Crippen molar-refractivity contribution in [2.45, 2.75) is 64.3 Å². The van der Waals surface area contributed by atoms with Crippen molar-refractivity contribution in [1.82, 2.24) is 15.3 Å². The number of aromatic hydroxyl groups is 1. The number of nitrogens with zero attached hydrogens (tertiary/aromatic N) is 1. The van der Waals surface area contributed by atoms with Crippen LogP contribution >= 0.6 is 0 Å². The lowest BCUT2D eigenvalue weighted by atomic mass is 9.68. The van der Waals surface area contributed by atoms with Crippen LogP contribution in [0.15, 0.2) is 35.1 Å². The lowest BCUT2D eigenvalue weighted by Crippen LogP contribution is -2.52. The smallest absolute Gasteiger partial charge is 0.408 e. The summed E-state index contributed by atoms with van der Waals surface area (Å²) in [6.07, 6.45) is -0.131. The van der Waals surface area contributed by atoms with E-state index in [0.29, 0.717) is 25.7 Å². The number of nitrogens with one attached hydrogen (secondary N) is 2. The van der Waals surface area contributed by atoms with Crippen LogP contribution in [0.2, 0.25) is 0 Å². The van der Waals surface area contributed by atoms with E-state index in [1.165, 1.54) is 0 Å². The van der Waals surface area contributed by atoms with E-state index in [1.807, 2.05) is 37.3 Å². The van der Waals surface area contributed by atoms with Crippen molar-refractivity contribution in [3.63, 3.8) is 0 Å². The number of hydrogen-bond acceptors (Lipinski definition) is 8. The molecule has 1 aliphatic heterocycles. The van der Waals surface area contributed by atoms with Gasteiger partial charge in [0.1, 0.15) is 23.7 Å². The fraction of sp³-hybridized carbons (Fsp3) is 0.522. The van der Waals surface area contributed by atoms with E-state index in [0.717, 1.165) is 5.56 Å². The Kier molecular flexibility index (Phi) is 6.42. The summed E-state index contributed by atoms with van der Waals surface area (Å²) in [5, 5.41) is 22.9. The molecule has 0 bridgehead atoms.